The van der Waals surface area contributed by atoms with Crippen LogP contribution in [0.25, 0.3) is 0 Å². The Balaban J connectivity index is 3.65. The van der Waals surface area contributed by atoms with E-state index in [0.717, 1.165) is 51.4 Å². The van der Waals surface area contributed by atoms with Crippen LogP contribution in [0.3, 0.4) is 0 Å². The Morgan fingerprint density at radius 3 is 1.57 bits per heavy atom. The minimum atomic E-state index is -1.27. The Morgan fingerprint density at radius 1 is 0.565 bits per heavy atom. The molecule has 0 fully saturated rings. The van der Waals surface area contributed by atoms with E-state index in [0.29, 0.717) is 19.6 Å². The number of carbonyl (C=O) groups is 5. The van der Waals surface area contributed by atoms with Crippen molar-refractivity contribution in [1.29, 1.82) is 0 Å². The largest absolute Gasteiger partial charge is 0.481 e. The predicted molar refractivity (Wildman–Crippen MR) is 167 cm³/mol. The van der Waals surface area contributed by atoms with Gasteiger partial charge >= 0.3 is 11.9 Å². The summed E-state index contributed by atoms with van der Waals surface area (Å²) >= 11 is 0. The minimum absolute atomic E-state index is 0.0226. The number of hydrogen-bond acceptors (Lipinski definition) is 10. The van der Waals surface area contributed by atoms with E-state index in [1.54, 1.807) is 6.29 Å². The van der Waals surface area contributed by atoms with Crippen LogP contribution in [0.5, 0.6) is 0 Å². The second kappa shape index (κ2) is 31.8. The van der Waals surface area contributed by atoms with Crippen LogP contribution in [0, 0.1) is 0 Å². The van der Waals surface area contributed by atoms with Crippen molar-refractivity contribution in [3.05, 3.63) is 0 Å². The smallest absolute Gasteiger partial charge is 0.326 e. The van der Waals surface area contributed by atoms with Gasteiger partial charge in [-0.3, -0.25) is 24.0 Å². The first-order chi connectivity index (χ1) is 22.3. The zero-order chi connectivity index (χ0) is 34.1. The van der Waals surface area contributed by atoms with Crippen molar-refractivity contribution in [1.82, 2.24) is 16.0 Å². The topological polar surface area (TPSA) is 216 Å². The Bertz CT molecular complexity index is 844. The molecule has 0 spiro atoms. The number of ether oxygens (including phenoxy) is 4. The maximum Gasteiger partial charge on any atom is 0.326 e. The van der Waals surface area contributed by atoms with Gasteiger partial charge in [-0.25, -0.2) is 4.79 Å². The normalized spacial score (nSPS) is 11.5. The Hall–Kier alpha value is -3.14. The number of carbonyl (C=O) groups excluding carboxylic acids is 4. The lowest BCUT2D eigenvalue weighted by molar-refractivity contribution is -0.143. The highest BCUT2D eigenvalue weighted by molar-refractivity contribution is 5.85. The number of hydrogen-bond donors (Lipinski definition) is 5. The van der Waals surface area contributed by atoms with E-state index in [2.05, 4.69) is 16.0 Å². The van der Waals surface area contributed by atoms with Crippen molar-refractivity contribution in [3.8, 4) is 0 Å². The number of rotatable bonds is 34. The molecule has 5 N–H and O–H groups in total. The Labute approximate surface area is 271 Å². The molecule has 265 valence electrons. The van der Waals surface area contributed by atoms with Crippen LogP contribution in [0.4, 0.5) is 0 Å². The molecule has 46 heavy (non-hydrogen) atoms. The summed E-state index contributed by atoms with van der Waals surface area (Å²) in [7, 11) is 0. The minimum Gasteiger partial charge on any atom is -0.481 e. The zero-order valence-corrected chi connectivity index (χ0v) is 27.0. The highest BCUT2D eigenvalue weighted by Gasteiger charge is 2.21. The van der Waals surface area contributed by atoms with Crippen molar-refractivity contribution in [2.24, 2.45) is 0 Å². The molecule has 0 aliphatic rings. The first-order valence-corrected chi connectivity index (χ1v) is 16.2. The summed E-state index contributed by atoms with van der Waals surface area (Å²) in [5, 5.41) is 25.7. The summed E-state index contributed by atoms with van der Waals surface area (Å²) in [5.41, 5.74) is 0. The predicted octanol–water partition coefficient (Wildman–Crippen LogP) is 1.51. The van der Waals surface area contributed by atoms with E-state index in [-0.39, 0.29) is 83.9 Å². The van der Waals surface area contributed by atoms with Crippen molar-refractivity contribution in [2.75, 3.05) is 65.9 Å². The van der Waals surface area contributed by atoms with E-state index >= 15 is 0 Å². The molecule has 0 aromatic carbocycles. The lowest BCUT2D eigenvalue weighted by atomic mass is 10.1. The molecule has 0 aliphatic carbocycles. The second-order valence-electron chi connectivity index (χ2n) is 10.6. The van der Waals surface area contributed by atoms with Gasteiger partial charge in [-0.05, 0) is 19.3 Å². The molecule has 0 aliphatic heterocycles. The Kier molecular flexibility index (Phi) is 29.7. The number of carboxylic acids is 2. The van der Waals surface area contributed by atoms with Crippen LogP contribution in [0.2, 0.25) is 0 Å². The van der Waals surface area contributed by atoms with Crippen molar-refractivity contribution in [3.63, 3.8) is 0 Å². The lowest BCUT2D eigenvalue weighted by Crippen LogP contribution is -2.43. The molecule has 0 aromatic heterocycles. The molecular weight excluding hydrogens is 606 g/mol. The van der Waals surface area contributed by atoms with Crippen LogP contribution >= 0.6 is 0 Å². The van der Waals surface area contributed by atoms with Crippen LogP contribution in [-0.2, 0) is 47.7 Å². The van der Waals surface area contributed by atoms with Crippen LogP contribution < -0.4 is 16.0 Å². The summed E-state index contributed by atoms with van der Waals surface area (Å²) in [6.07, 6.45) is 12.5. The molecule has 0 aromatic rings. The summed E-state index contributed by atoms with van der Waals surface area (Å²) in [5.74, 6) is -3.03. The summed E-state index contributed by atoms with van der Waals surface area (Å²) in [4.78, 5) is 67.8. The van der Waals surface area contributed by atoms with E-state index in [1.807, 2.05) is 0 Å². The molecule has 0 bridgehead atoms. The molecule has 0 unspecified atom stereocenters. The van der Waals surface area contributed by atoms with Crippen LogP contribution in [0.1, 0.15) is 89.9 Å². The van der Waals surface area contributed by atoms with Gasteiger partial charge in [-0.15, -0.1) is 0 Å². The third-order valence-electron chi connectivity index (χ3n) is 6.61. The molecule has 15 heteroatoms. The van der Waals surface area contributed by atoms with E-state index in [4.69, 9.17) is 24.1 Å². The molecule has 0 saturated carbocycles. The van der Waals surface area contributed by atoms with Gasteiger partial charge in [-0.2, -0.15) is 0 Å². The van der Waals surface area contributed by atoms with E-state index in [1.165, 1.54) is 12.8 Å². The molecule has 0 saturated heterocycles. The monoisotopic (exact) mass is 660 g/mol. The summed E-state index contributed by atoms with van der Waals surface area (Å²) in [6, 6.07) is -1.25. The van der Waals surface area contributed by atoms with E-state index in [9.17, 15) is 33.9 Å². The highest BCUT2D eigenvalue weighted by atomic mass is 16.5. The highest BCUT2D eigenvalue weighted by Crippen LogP contribution is 2.12. The molecular formula is C31H54N3O12. The van der Waals surface area contributed by atoms with Gasteiger partial charge in [0.2, 0.25) is 24.0 Å². The fourth-order valence-corrected chi connectivity index (χ4v) is 4.17. The van der Waals surface area contributed by atoms with Gasteiger partial charge in [0.1, 0.15) is 19.3 Å². The van der Waals surface area contributed by atoms with Gasteiger partial charge in [0, 0.05) is 32.4 Å². The lowest BCUT2D eigenvalue weighted by Gasteiger charge is -2.14. The average Bonchev–Trinajstić information content (AvgIpc) is 3.02. The quantitative estimate of drug-likeness (QED) is 0.0621. The van der Waals surface area contributed by atoms with Crippen LogP contribution in [0.15, 0.2) is 0 Å². The van der Waals surface area contributed by atoms with Gasteiger partial charge in [0.25, 0.3) is 0 Å². The second-order valence-corrected chi connectivity index (χ2v) is 10.6. The fraction of sp³-hybridized carbons (Fsp3) is 0.806. The van der Waals surface area contributed by atoms with Crippen LogP contribution in [-0.4, -0.2) is 118 Å². The summed E-state index contributed by atoms with van der Waals surface area (Å²) in [6.45, 7) is 1.39. The van der Waals surface area contributed by atoms with Gasteiger partial charge < -0.3 is 45.1 Å². The molecule has 1 atom stereocenters. The number of unbranched alkanes of at least 4 members (excludes halogenated alkanes) is 9. The SMILES string of the molecule is O=[C]COCCOCCNC(=O)CC[C@H](NC(=O)COCCOCCNC(=O)CCCCCCCCCCCCC(=O)O)C(=O)O. The molecule has 3 amide bonds. The standard InChI is InChI=1S/C31H54N3O12/c35-17-20-45-22-21-43-19-16-33-28(37)14-13-26(31(41)42)34-29(38)25-46-24-23-44-18-15-32-27(36)11-9-7-5-3-1-2-4-6-8-10-12-30(39)40/h26H,1-16,18-25H2,(H,32,36)(H,33,37)(H,34,38)(H,39,40)(H,41,42)/t26-/m0/s1. The van der Waals surface area contributed by atoms with E-state index < -0.39 is 23.9 Å². The molecule has 15 nitrogen and oxygen atoms in total. The zero-order valence-electron chi connectivity index (χ0n) is 27.0. The number of amides is 3. The summed E-state index contributed by atoms with van der Waals surface area (Å²) < 4.78 is 20.6. The number of aliphatic carboxylic acids is 2. The third-order valence-corrected chi connectivity index (χ3v) is 6.61. The average molecular weight is 661 g/mol. The van der Waals surface area contributed by atoms with Gasteiger partial charge in [0.05, 0.1) is 39.6 Å². The fourth-order valence-electron chi connectivity index (χ4n) is 4.17. The third kappa shape index (κ3) is 30.9. The van der Waals surface area contributed by atoms with Gasteiger partial charge in [-0.1, -0.05) is 51.4 Å². The molecule has 0 heterocycles. The van der Waals surface area contributed by atoms with Crippen molar-refractivity contribution < 1.29 is 57.9 Å². The Morgan fingerprint density at radius 2 is 1.04 bits per heavy atom. The first kappa shape index (κ1) is 42.9. The number of nitrogens with one attached hydrogen (secondary N) is 3. The van der Waals surface area contributed by atoms with Gasteiger partial charge in [0.15, 0.2) is 0 Å². The first-order valence-electron chi connectivity index (χ1n) is 16.2. The maximum atomic E-state index is 12.0. The maximum absolute atomic E-state index is 12.0. The van der Waals surface area contributed by atoms with Crippen molar-refractivity contribution in [2.45, 2.75) is 95.9 Å². The van der Waals surface area contributed by atoms with Crippen molar-refractivity contribution >= 4 is 35.9 Å². The molecule has 0 rings (SSSR count). The molecule has 1 radical (unpaired) electrons. The number of carboxylic acid groups (broad SMARTS) is 2.